The van der Waals surface area contributed by atoms with E-state index >= 15 is 0 Å². The van der Waals surface area contributed by atoms with Crippen molar-refractivity contribution in [2.45, 2.75) is 0 Å². The molecule has 1 aromatic heterocycles. The van der Waals surface area contributed by atoms with Crippen molar-refractivity contribution in [3.05, 3.63) is 41.5 Å². The Bertz CT molecular complexity index is 638. The van der Waals surface area contributed by atoms with Crippen LogP contribution in [0.1, 0.15) is 21.0 Å². The van der Waals surface area contributed by atoms with E-state index in [9.17, 15) is 14.0 Å². The van der Waals surface area contributed by atoms with Gasteiger partial charge in [0, 0.05) is 0 Å². The molecule has 0 amide bonds. The molecule has 18 heavy (non-hydrogen) atoms. The molecular weight excluding hydrogens is 245 g/mol. The molecule has 0 fully saturated rings. The molecule has 0 atom stereocenters. The third-order valence-corrected chi connectivity index (χ3v) is 2.13. The second kappa shape index (κ2) is 4.24. The number of carboxylic acid groups (broad SMARTS) is 2. The predicted molar refractivity (Wildman–Crippen MR) is 55.2 cm³/mol. The van der Waals surface area contributed by atoms with Crippen molar-refractivity contribution >= 4 is 11.9 Å². The van der Waals surface area contributed by atoms with Gasteiger partial charge >= 0.3 is 11.9 Å². The molecule has 0 saturated carbocycles. The van der Waals surface area contributed by atoms with Gasteiger partial charge in [0.05, 0.1) is 5.69 Å². The van der Waals surface area contributed by atoms with Gasteiger partial charge in [0.1, 0.15) is 5.82 Å². The summed E-state index contributed by atoms with van der Waals surface area (Å²) in [6.45, 7) is 0. The number of aromatic nitrogens is 3. The number of aromatic carboxylic acids is 2. The Morgan fingerprint density at radius 1 is 1.22 bits per heavy atom. The van der Waals surface area contributed by atoms with E-state index in [0.29, 0.717) is 0 Å². The van der Waals surface area contributed by atoms with E-state index in [1.165, 1.54) is 18.2 Å². The summed E-state index contributed by atoms with van der Waals surface area (Å²) < 4.78 is 13.8. The fourth-order valence-corrected chi connectivity index (χ4v) is 1.41. The lowest BCUT2D eigenvalue weighted by Crippen LogP contribution is -2.12. The van der Waals surface area contributed by atoms with Crippen LogP contribution in [0.2, 0.25) is 0 Å². The third-order valence-electron chi connectivity index (χ3n) is 2.13. The van der Waals surface area contributed by atoms with Gasteiger partial charge in [0.15, 0.2) is 5.69 Å². The second-order valence-electron chi connectivity index (χ2n) is 3.29. The quantitative estimate of drug-likeness (QED) is 0.835. The SMILES string of the molecule is O=C(O)c1nnn(-c2cccc(F)c2)c1C(=O)O. The highest BCUT2D eigenvalue weighted by Gasteiger charge is 2.25. The lowest BCUT2D eigenvalue weighted by atomic mass is 10.2. The summed E-state index contributed by atoms with van der Waals surface area (Å²) in [5.74, 6) is -3.63. The molecule has 0 unspecified atom stereocenters. The van der Waals surface area contributed by atoms with Crippen LogP contribution in [-0.4, -0.2) is 37.1 Å². The number of halogens is 1. The fourth-order valence-electron chi connectivity index (χ4n) is 1.41. The monoisotopic (exact) mass is 251 g/mol. The van der Waals surface area contributed by atoms with Gasteiger partial charge in [0.2, 0.25) is 5.69 Å². The van der Waals surface area contributed by atoms with Gasteiger partial charge < -0.3 is 10.2 Å². The molecular formula is C10H6FN3O4. The Morgan fingerprint density at radius 2 is 1.94 bits per heavy atom. The van der Waals surface area contributed by atoms with Crippen LogP contribution >= 0.6 is 0 Å². The molecule has 0 aliphatic rings. The maximum absolute atomic E-state index is 13.0. The van der Waals surface area contributed by atoms with E-state index in [2.05, 4.69) is 10.3 Å². The molecule has 1 heterocycles. The summed E-state index contributed by atoms with van der Waals surface area (Å²) in [5.41, 5.74) is -1.26. The normalized spacial score (nSPS) is 10.3. The van der Waals surface area contributed by atoms with Crippen LogP contribution in [0.3, 0.4) is 0 Å². The summed E-state index contributed by atoms with van der Waals surface area (Å²) in [4.78, 5) is 21.8. The highest BCUT2D eigenvalue weighted by Crippen LogP contribution is 2.14. The van der Waals surface area contributed by atoms with Gasteiger partial charge in [-0.3, -0.25) is 0 Å². The van der Waals surface area contributed by atoms with Crippen LogP contribution < -0.4 is 0 Å². The number of hydrogen-bond donors (Lipinski definition) is 2. The Morgan fingerprint density at radius 3 is 2.50 bits per heavy atom. The van der Waals surface area contributed by atoms with Gasteiger partial charge in [-0.15, -0.1) is 5.10 Å². The minimum Gasteiger partial charge on any atom is -0.476 e. The number of carboxylic acids is 2. The van der Waals surface area contributed by atoms with Gasteiger partial charge in [-0.1, -0.05) is 11.3 Å². The minimum atomic E-state index is -1.52. The average Bonchev–Trinajstić information content (AvgIpc) is 2.73. The number of rotatable bonds is 3. The first-order valence-corrected chi connectivity index (χ1v) is 4.69. The summed E-state index contributed by atoms with van der Waals surface area (Å²) in [7, 11) is 0. The molecule has 2 aromatic rings. The van der Waals surface area contributed by atoms with Crippen molar-refractivity contribution < 1.29 is 24.2 Å². The molecule has 1 aromatic carbocycles. The van der Waals surface area contributed by atoms with Crippen LogP contribution in [-0.2, 0) is 0 Å². The lowest BCUT2D eigenvalue weighted by Gasteiger charge is -2.03. The average molecular weight is 251 g/mol. The molecule has 7 nitrogen and oxygen atoms in total. The van der Waals surface area contributed by atoms with Gasteiger partial charge in [-0.05, 0) is 18.2 Å². The van der Waals surface area contributed by atoms with E-state index in [1.807, 2.05) is 0 Å². The maximum Gasteiger partial charge on any atom is 0.359 e. The predicted octanol–water partition coefficient (Wildman–Crippen LogP) is 0.803. The Labute approximate surface area is 99.1 Å². The standard InChI is InChI=1S/C10H6FN3O4/c11-5-2-1-3-6(4-5)14-8(10(17)18)7(9(15)16)12-13-14/h1-4H,(H,15,16)(H,17,18). The van der Waals surface area contributed by atoms with E-state index in [4.69, 9.17) is 10.2 Å². The molecule has 0 bridgehead atoms. The van der Waals surface area contributed by atoms with Crippen molar-refractivity contribution in [1.82, 2.24) is 15.0 Å². The largest absolute Gasteiger partial charge is 0.476 e. The summed E-state index contributed by atoms with van der Waals surface area (Å²) in [6.07, 6.45) is 0. The molecule has 0 aliphatic heterocycles. The summed E-state index contributed by atoms with van der Waals surface area (Å²) in [5, 5.41) is 24.4. The molecule has 0 radical (unpaired) electrons. The molecule has 0 saturated heterocycles. The lowest BCUT2D eigenvalue weighted by molar-refractivity contribution is 0.0642. The van der Waals surface area contributed by atoms with Crippen molar-refractivity contribution in [1.29, 1.82) is 0 Å². The topological polar surface area (TPSA) is 105 Å². The number of carbonyl (C=O) groups is 2. The minimum absolute atomic E-state index is 0.0763. The van der Waals surface area contributed by atoms with Gasteiger partial charge in [0.25, 0.3) is 0 Å². The van der Waals surface area contributed by atoms with E-state index in [0.717, 1.165) is 10.7 Å². The van der Waals surface area contributed by atoms with Crippen molar-refractivity contribution in [3.8, 4) is 5.69 Å². The number of nitrogens with zero attached hydrogens (tertiary/aromatic N) is 3. The van der Waals surface area contributed by atoms with Crippen molar-refractivity contribution in [2.75, 3.05) is 0 Å². The van der Waals surface area contributed by atoms with E-state index in [-0.39, 0.29) is 5.69 Å². The molecule has 92 valence electrons. The Hall–Kier alpha value is -2.77. The van der Waals surface area contributed by atoms with Crippen LogP contribution in [0.5, 0.6) is 0 Å². The number of benzene rings is 1. The highest BCUT2D eigenvalue weighted by molar-refractivity contribution is 5.99. The van der Waals surface area contributed by atoms with Gasteiger partial charge in [-0.2, -0.15) is 0 Å². The maximum atomic E-state index is 13.0. The van der Waals surface area contributed by atoms with Gasteiger partial charge in [-0.25, -0.2) is 18.7 Å². The Balaban J connectivity index is 2.65. The zero-order valence-electron chi connectivity index (χ0n) is 8.74. The first-order chi connectivity index (χ1) is 8.50. The highest BCUT2D eigenvalue weighted by atomic mass is 19.1. The smallest absolute Gasteiger partial charge is 0.359 e. The first-order valence-electron chi connectivity index (χ1n) is 4.69. The van der Waals surface area contributed by atoms with Crippen LogP contribution in [0.15, 0.2) is 24.3 Å². The molecule has 8 heteroatoms. The molecule has 0 spiro atoms. The summed E-state index contributed by atoms with van der Waals surface area (Å²) >= 11 is 0. The molecule has 0 aliphatic carbocycles. The summed E-state index contributed by atoms with van der Waals surface area (Å²) in [6, 6.07) is 4.92. The van der Waals surface area contributed by atoms with Crippen LogP contribution in [0.25, 0.3) is 5.69 Å². The second-order valence-corrected chi connectivity index (χ2v) is 3.29. The van der Waals surface area contributed by atoms with Crippen LogP contribution in [0, 0.1) is 5.82 Å². The number of hydrogen-bond acceptors (Lipinski definition) is 4. The van der Waals surface area contributed by atoms with E-state index < -0.39 is 29.1 Å². The van der Waals surface area contributed by atoms with E-state index in [1.54, 1.807) is 0 Å². The fraction of sp³-hybridized carbons (Fsp3) is 0. The molecule has 2 rings (SSSR count). The van der Waals surface area contributed by atoms with Crippen molar-refractivity contribution in [3.63, 3.8) is 0 Å². The van der Waals surface area contributed by atoms with Crippen molar-refractivity contribution in [2.24, 2.45) is 0 Å². The zero-order chi connectivity index (χ0) is 13.3. The Kier molecular flexibility index (Phi) is 2.76. The van der Waals surface area contributed by atoms with Crippen LogP contribution in [0.4, 0.5) is 4.39 Å². The first kappa shape index (κ1) is 11.7. The zero-order valence-corrected chi connectivity index (χ0v) is 8.74. The third kappa shape index (κ3) is 1.90. The molecule has 2 N–H and O–H groups in total.